The number of halogens is 3. The SMILES string of the molecule is CC(CCN)c1ccc(C(F)F)cc1Cl. The first-order valence-corrected chi connectivity index (χ1v) is 5.21. The standard InChI is InChI=1S/C11H14ClF2N/c1-7(4-5-15)9-3-2-8(11(13)14)6-10(9)12/h2-3,6-7,11H,4-5,15H2,1H3. The van der Waals surface area contributed by atoms with Crippen molar-refractivity contribution >= 4 is 11.6 Å². The van der Waals surface area contributed by atoms with Crippen LogP contribution in [0.4, 0.5) is 8.78 Å². The lowest BCUT2D eigenvalue weighted by Crippen LogP contribution is -2.05. The maximum Gasteiger partial charge on any atom is 0.263 e. The molecule has 1 unspecified atom stereocenters. The summed E-state index contributed by atoms with van der Waals surface area (Å²) in [6.45, 7) is 2.55. The zero-order valence-corrected chi connectivity index (χ0v) is 9.27. The number of nitrogens with two attached hydrogens (primary N) is 1. The monoisotopic (exact) mass is 233 g/mol. The fourth-order valence-corrected chi connectivity index (χ4v) is 1.86. The largest absolute Gasteiger partial charge is 0.330 e. The average Bonchev–Trinajstić information content (AvgIpc) is 2.17. The van der Waals surface area contributed by atoms with Crippen LogP contribution in [0.1, 0.15) is 36.8 Å². The summed E-state index contributed by atoms with van der Waals surface area (Å²) in [4.78, 5) is 0. The van der Waals surface area contributed by atoms with Crippen LogP contribution >= 0.6 is 11.6 Å². The van der Waals surface area contributed by atoms with E-state index in [-0.39, 0.29) is 11.5 Å². The third kappa shape index (κ3) is 3.14. The molecule has 0 saturated heterocycles. The quantitative estimate of drug-likeness (QED) is 0.843. The van der Waals surface area contributed by atoms with E-state index in [2.05, 4.69) is 0 Å². The van der Waals surface area contributed by atoms with Crippen molar-refractivity contribution in [1.82, 2.24) is 0 Å². The van der Waals surface area contributed by atoms with Gasteiger partial charge in [0.2, 0.25) is 0 Å². The van der Waals surface area contributed by atoms with Crippen LogP contribution in [0.25, 0.3) is 0 Å². The zero-order valence-electron chi connectivity index (χ0n) is 8.51. The van der Waals surface area contributed by atoms with Gasteiger partial charge in [-0.25, -0.2) is 8.78 Å². The van der Waals surface area contributed by atoms with Crippen LogP contribution < -0.4 is 5.73 Å². The van der Waals surface area contributed by atoms with E-state index in [9.17, 15) is 8.78 Å². The molecule has 15 heavy (non-hydrogen) atoms. The lowest BCUT2D eigenvalue weighted by atomic mass is 9.97. The Balaban J connectivity index is 2.92. The highest BCUT2D eigenvalue weighted by atomic mass is 35.5. The predicted molar refractivity (Wildman–Crippen MR) is 58.5 cm³/mol. The van der Waals surface area contributed by atoms with Gasteiger partial charge < -0.3 is 5.73 Å². The topological polar surface area (TPSA) is 26.0 Å². The van der Waals surface area contributed by atoms with Crippen LogP contribution in [0.15, 0.2) is 18.2 Å². The van der Waals surface area contributed by atoms with Crippen molar-refractivity contribution in [3.05, 3.63) is 34.3 Å². The van der Waals surface area contributed by atoms with Crippen molar-refractivity contribution in [2.45, 2.75) is 25.7 Å². The molecule has 84 valence electrons. The molecule has 0 saturated carbocycles. The summed E-state index contributed by atoms with van der Waals surface area (Å²) in [5, 5.41) is 0.397. The van der Waals surface area contributed by atoms with Gasteiger partial charge in [0.15, 0.2) is 0 Å². The van der Waals surface area contributed by atoms with Crippen LogP contribution in [-0.2, 0) is 0 Å². The van der Waals surface area contributed by atoms with Gasteiger partial charge >= 0.3 is 0 Å². The molecule has 1 aromatic carbocycles. The molecule has 0 aliphatic rings. The number of rotatable bonds is 4. The van der Waals surface area contributed by atoms with E-state index in [1.807, 2.05) is 6.92 Å². The molecule has 0 aromatic heterocycles. The molecule has 0 heterocycles. The molecule has 0 fully saturated rings. The zero-order chi connectivity index (χ0) is 11.4. The van der Waals surface area contributed by atoms with Crippen molar-refractivity contribution in [1.29, 1.82) is 0 Å². The van der Waals surface area contributed by atoms with Crippen molar-refractivity contribution in [2.24, 2.45) is 5.73 Å². The lowest BCUT2D eigenvalue weighted by Gasteiger charge is -2.13. The Labute approximate surface area is 93.2 Å². The van der Waals surface area contributed by atoms with Crippen LogP contribution in [0.3, 0.4) is 0 Å². The van der Waals surface area contributed by atoms with Crippen molar-refractivity contribution in [2.75, 3.05) is 6.54 Å². The first kappa shape index (κ1) is 12.4. The van der Waals surface area contributed by atoms with E-state index in [1.54, 1.807) is 6.07 Å². The van der Waals surface area contributed by atoms with Crippen LogP contribution in [0.5, 0.6) is 0 Å². The fraction of sp³-hybridized carbons (Fsp3) is 0.455. The Kier molecular flexibility index (Phi) is 4.48. The van der Waals surface area contributed by atoms with Crippen molar-refractivity contribution in [3.63, 3.8) is 0 Å². The van der Waals surface area contributed by atoms with E-state index in [4.69, 9.17) is 17.3 Å². The minimum Gasteiger partial charge on any atom is -0.330 e. The molecular formula is C11H14ClF2N. The summed E-state index contributed by atoms with van der Waals surface area (Å²) >= 11 is 5.93. The van der Waals surface area contributed by atoms with Gasteiger partial charge in [0.25, 0.3) is 6.43 Å². The van der Waals surface area contributed by atoms with Gasteiger partial charge in [0.05, 0.1) is 0 Å². The first-order valence-electron chi connectivity index (χ1n) is 4.83. The maximum absolute atomic E-state index is 12.3. The molecule has 0 amide bonds. The average molecular weight is 234 g/mol. The number of benzene rings is 1. The third-order valence-corrected chi connectivity index (χ3v) is 2.73. The van der Waals surface area contributed by atoms with Crippen LogP contribution in [-0.4, -0.2) is 6.54 Å². The molecular weight excluding hydrogens is 220 g/mol. The summed E-state index contributed by atoms with van der Waals surface area (Å²) in [5.41, 5.74) is 6.27. The lowest BCUT2D eigenvalue weighted by molar-refractivity contribution is 0.151. The van der Waals surface area contributed by atoms with Crippen LogP contribution in [0, 0.1) is 0 Å². The molecule has 0 radical (unpaired) electrons. The normalized spacial score (nSPS) is 13.2. The highest BCUT2D eigenvalue weighted by Crippen LogP contribution is 2.30. The summed E-state index contributed by atoms with van der Waals surface area (Å²) in [7, 11) is 0. The Morgan fingerprint density at radius 1 is 1.40 bits per heavy atom. The second kappa shape index (κ2) is 5.42. The number of hydrogen-bond donors (Lipinski definition) is 1. The second-order valence-corrected chi connectivity index (χ2v) is 3.97. The molecule has 4 heteroatoms. The van der Waals surface area contributed by atoms with Gasteiger partial charge in [0, 0.05) is 10.6 Å². The predicted octanol–water partition coefficient (Wildman–Crippen LogP) is 3.73. The first-order chi connectivity index (χ1) is 7.06. The van der Waals surface area contributed by atoms with Gasteiger partial charge in [0.1, 0.15) is 0 Å². The smallest absolute Gasteiger partial charge is 0.263 e. The van der Waals surface area contributed by atoms with E-state index >= 15 is 0 Å². The maximum atomic E-state index is 12.3. The fourth-order valence-electron chi connectivity index (χ4n) is 1.48. The van der Waals surface area contributed by atoms with E-state index < -0.39 is 6.43 Å². The van der Waals surface area contributed by atoms with Gasteiger partial charge in [-0.05, 0) is 30.5 Å². The van der Waals surface area contributed by atoms with Gasteiger partial charge in [-0.15, -0.1) is 0 Å². The summed E-state index contributed by atoms with van der Waals surface area (Å²) < 4.78 is 24.7. The van der Waals surface area contributed by atoms with Gasteiger partial charge in [-0.2, -0.15) is 0 Å². The molecule has 0 aliphatic carbocycles. The van der Waals surface area contributed by atoms with E-state index in [0.29, 0.717) is 11.6 Å². The molecule has 1 rings (SSSR count). The minimum absolute atomic E-state index is 0.0382. The highest BCUT2D eigenvalue weighted by molar-refractivity contribution is 6.31. The molecule has 2 N–H and O–H groups in total. The van der Waals surface area contributed by atoms with E-state index in [1.165, 1.54) is 12.1 Å². The van der Waals surface area contributed by atoms with Gasteiger partial charge in [-0.1, -0.05) is 30.7 Å². The summed E-state index contributed by atoms with van der Waals surface area (Å²) in [5.74, 6) is 0.203. The van der Waals surface area contributed by atoms with Crippen LogP contribution in [0.2, 0.25) is 5.02 Å². The Morgan fingerprint density at radius 3 is 2.53 bits per heavy atom. The molecule has 1 aromatic rings. The highest BCUT2D eigenvalue weighted by Gasteiger charge is 2.13. The van der Waals surface area contributed by atoms with E-state index in [0.717, 1.165) is 12.0 Å². The Morgan fingerprint density at radius 2 is 2.07 bits per heavy atom. The minimum atomic E-state index is -2.47. The van der Waals surface area contributed by atoms with Crippen molar-refractivity contribution in [3.8, 4) is 0 Å². The molecule has 0 spiro atoms. The summed E-state index contributed by atoms with van der Waals surface area (Å²) in [6.07, 6.45) is -1.67. The molecule has 1 atom stereocenters. The molecule has 0 aliphatic heterocycles. The third-order valence-electron chi connectivity index (χ3n) is 2.41. The summed E-state index contributed by atoms with van der Waals surface area (Å²) in [6, 6.07) is 4.40. The van der Waals surface area contributed by atoms with Crippen molar-refractivity contribution < 1.29 is 8.78 Å². The molecule has 1 nitrogen and oxygen atoms in total. The van der Waals surface area contributed by atoms with Gasteiger partial charge in [-0.3, -0.25) is 0 Å². The number of hydrogen-bond acceptors (Lipinski definition) is 1. The molecule has 0 bridgehead atoms. The number of alkyl halides is 2. The Hall–Kier alpha value is -0.670. The Bertz CT molecular complexity index is 328. The second-order valence-electron chi connectivity index (χ2n) is 3.56.